The second-order valence-electron chi connectivity index (χ2n) is 22.1. The maximum atomic E-state index is 13.3. The summed E-state index contributed by atoms with van der Waals surface area (Å²) in [6, 6.07) is 0. The number of rotatable bonds is 45. The van der Waals surface area contributed by atoms with Crippen molar-refractivity contribution >= 4 is 166 Å². The molecule has 90 heteroatoms. The molecule has 74 nitrogen and oxygen atoms in total. The van der Waals surface area contributed by atoms with Crippen molar-refractivity contribution in [1.29, 1.82) is 0 Å². The van der Waals surface area contributed by atoms with Crippen LogP contribution in [0.3, 0.4) is 0 Å². The Balaban J connectivity index is 2.05. The molecule has 0 radical (unpaired) electrons. The van der Waals surface area contributed by atoms with Crippen LogP contribution in [0.4, 0.5) is 0 Å². The summed E-state index contributed by atoms with van der Waals surface area (Å²) in [6.07, 6.45) is -96.8. The third-order valence-electron chi connectivity index (χ3n) is 13.6. The molecule has 0 aliphatic carbocycles. The van der Waals surface area contributed by atoms with Gasteiger partial charge in [0.15, 0.2) is 62.0 Å². The Morgan fingerprint density at radius 2 is 0.300 bits per heavy atom. The van der Waals surface area contributed by atoms with Gasteiger partial charge in [0.05, 0.1) is 33.0 Å². The lowest BCUT2D eigenvalue weighted by Crippen LogP contribution is -2.70. The van der Waals surface area contributed by atoms with Crippen molar-refractivity contribution in [3.05, 3.63) is 0 Å². The summed E-state index contributed by atoms with van der Waals surface area (Å²) >= 11 is 0. The molecule has 5 heterocycles. The van der Waals surface area contributed by atoms with Gasteiger partial charge in [-0.3, -0.25) is 72.8 Å². The third-order valence-corrected chi connectivity index (χ3v) is 20.9. The zero-order valence-electron chi connectivity index (χ0n) is 55.4. The Bertz CT molecular complexity index is 5560. The second kappa shape index (κ2) is 39.5. The van der Waals surface area contributed by atoms with Crippen molar-refractivity contribution in [2.45, 2.75) is 154 Å². The monoisotopic (exact) mass is 2110 g/mol. The lowest BCUT2D eigenvalue weighted by molar-refractivity contribution is -0.385. The lowest BCUT2D eigenvalue weighted by Gasteiger charge is -2.51. The van der Waals surface area contributed by atoms with E-state index in [1.807, 2.05) is 0 Å². The maximum Gasteiger partial charge on any atom is 0.397 e. The topological polar surface area (TPSA) is 1120 Å². The van der Waals surface area contributed by atoms with Crippen LogP contribution in [-0.4, -0.2) is 399 Å². The van der Waals surface area contributed by atoms with Crippen LogP contribution in [0.15, 0.2) is 0 Å². The number of aliphatic hydroxyl groups is 1. The van der Waals surface area contributed by atoms with E-state index >= 15 is 0 Å². The standard InChI is InChI=1S/C30H52O74S16/c31-26-21(100-116(65,66)67)16(11(94-110(47,48)49)6(85-26)1-80-105(32,33)34)90-27-22(101-117(68,69)70)17(12(95-111(50,51)52)7(86-27)2-81-106(35,36)37)91-28-23(102-118(71,72)73)18(13(96-112(53,54)55)8(87-28)3-82-107(38,39)40)92-29-24(103-119(74,75)76)19(14(97-113(56,57)58)9(88-29)4-83-108(41,42)43)93-30-25(104-120(77,78)79)20(99-115(62,63)64)15(98-114(59,60)61)10(89-30)5-84-109(44,45)46/h6-31H,1-5H2,(H,32,33,34)(H,35,36,37)(H,38,39,40)(H,41,42,43)(H,44,45,46)(H,47,48,49)(H,50,51,52)(H,53,54,55)(H,56,57,58)(H,59,60,61)(H,62,63,64)(H,65,66,67)(H,68,69,70)(H,71,72,73)(H,74,75,76)(H,77,78,79)/t6-,7-,8-,9-,10-,11-,12-,13-,14-,15-,16+,17+,18+,19+,20+,21-,22-,23-,24-,25-,26-,27+,28+,29+,30+/m1/s1. The summed E-state index contributed by atoms with van der Waals surface area (Å²) < 4.78 is 673. The van der Waals surface area contributed by atoms with E-state index in [9.17, 15) is 213 Å². The normalized spacial score (nSPS) is 33.4. The van der Waals surface area contributed by atoms with Crippen molar-refractivity contribution in [3.8, 4) is 0 Å². The second-order valence-corrected chi connectivity index (χ2v) is 39.1. The number of hydrogen-bond donors (Lipinski definition) is 17. The highest BCUT2D eigenvalue weighted by molar-refractivity contribution is 7.84. The summed E-state index contributed by atoms with van der Waals surface area (Å²) in [5.74, 6) is 0. The van der Waals surface area contributed by atoms with Gasteiger partial charge in [0.25, 0.3) is 0 Å². The molecule has 5 aliphatic heterocycles. The number of ether oxygens (including phenoxy) is 9. The third kappa shape index (κ3) is 38.4. The zero-order chi connectivity index (χ0) is 92.6. The van der Waals surface area contributed by atoms with Crippen LogP contribution in [0.2, 0.25) is 0 Å². The minimum Gasteiger partial charge on any atom is -0.366 e. The minimum absolute atomic E-state index is 2.12. The lowest BCUT2D eigenvalue weighted by atomic mass is 9.95. The Morgan fingerprint density at radius 1 is 0.167 bits per heavy atom. The van der Waals surface area contributed by atoms with Crippen LogP contribution in [-0.2, 0) is 276 Å². The molecule has 0 spiro atoms. The van der Waals surface area contributed by atoms with Crippen LogP contribution in [0, 0.1) is 0 Å². The van der Waals surface area contributed by atoms with Gasteiger partial charge in [-0.25, -0.2) is 66.9 Å². The molecular weight excluding hydrogens is 2060 g/mol. The summed E-state index contributed by atoms with van der Waals surface area (Å²) in [5, 5.41) is 11.0. The van der Waals surface area contributed by atoms with E-state index in [0.29, 0.717) is 0 Å². The molecular formula is C30H52O74S16. The number of hydrogen-bond acceptors (Lipinski definition) is 58. The molecule has 0 unspecified atom stereocenters. The molecule has 5 saturated heterocycles. The van der Waals surface area contributed by atoms with E-state index in [-0.39, 0.29) is 0 Å². The fraction of sp³-hybridized carbons (Fsp3) is 1.00. The largest absolute Gasteiger partial charge is 0.397 e. The highest BCUT2D eigenvalue weighted by Gasteiger charge is 2.65. The van der Waals surface area contributed by atoms with E-state index in [1.54, 1.807) is 0 Å². The molecule has 0 aromatic rings. The Labute approximate surface area is 670 Å². The average molecular weight is 2110 g/mol. The summed E-state index contributed by atoms with van der Waals surface area (Å²) in [5.41, 5.74) is 0. The molecule has 0 saturated carbocycles. The molecule has 5 aliphatic rings. The summed E-state index contributed by atoms with van der Waals surface area (Å²) in [6.45, 7) is -12.1. The Morgan fingerprint density at radius 3 is 0.475 bits per heavy atom. The highest BCUT2D eigenvalue weighted by atomic mass is 32.3. The van der Waals surface area contributed by atoms with E-state index in [0.717, 1.165) is 0 Å². The van der Waals surface area contributed by atoms with Crippen LogP contribution in [0.5, 0.6) is 0 Å². The predicted octanol–water partition coefficient (Wildman–Crippen LogP) is -14.7. The quantitative estimate of drug-likeness (QED) is 0.0252. The van der Waals surface area contributed by atoms with Crippen molar-refractivity contribution in [2.75, 3.05) is 33.0 Å². The van der Waals surface area contributed by atoms with Crippen LogP contribution in [0.1, 0.15) is 0 Å². The van der Waals surface area contributed by atoms with Gasteiger partial charge in [-0.05, 0) is 0 Å². The molecule has 0 bridgehead atoms. The van der Waals surface area contributed by atoms with E-state index in [4.69, 9.17) is 42.6 Å². The fourth-order valence-corrected chi connectivity index (χ4v) is 17.3. The molecule has 17 N–H and O–H groups in total. The smallest absolute Gasteiger partial charge is 0.366 e. The van der Waals surface area contributed by atoms with Gasteiger partial charge in [-0.15, -0.1) is 0 Å². The molecule has 712 valence electrons. The van der Waals surface area contributed by atoms with Crippen molar-refractivity contribution in [2.24, 2.45) is 0 Å². The van der Waals surface area contributed by atoms with Gasteiger partial charge in [0, 0.05) is 0 Å². The number of aliphatic hydroxyl groups excluding tert-OH is 1. The van der Waals surface area contributed by atoms with E-state index in [1.165, 1.54) is 0 Å². The van der Waals surface area contributed by atoms with E-state index < -0.39 is 353 Å². The first kappa shape index (κ1) is 108. The Hall–Kier alpha value is -2.48. The van der Waals surface area contributed by atoms with Crippen molar-refractivity contribution in [3.63, 3.8) is 0 Å². The highest BCUT2D eigenvalue weighted by Crippen LogP contribution is 2.43. The molecule has 25 atom stereocenters. The molecule has 0 aromatic carbocycles. The summed E-state index contributed by atoms with van der Waals surface area (Å²) in [4.78, 5) is 0. The molecule has 0 aromatic heterocycles. The molecule has 120 heavy (non-hydrogen) atoms. The molecule has 5 rings (SSSR count). The fourth-order valence-electron chi connectivity index (χ4n) is 10.3. The predicted molar refractivity (Wildman–Crippen MR) is 333 cm³/mol. The van der Waals surface area contributed by atoms with Crippen molar-refractivity contribution in [1.82, 2.24) is 0 Å². The van der Waals surface area contributed by atoms with Gasteiger partial charge in [0.1, 0.15) is 91.6 Å². The maximum absolute atomic E-state index is 13.3. The zero-order valence-corrected chi connectivity index (χ0v) is 68.4. The first-order valence-corrected chi connectivity index (χ1v) is 50.0. The van der Waals surface area contributed by atoms with Gasteiger partial charge in [-0.2, -0.15) is 135 Å². The van der Waals surface area contributed by atoms with Crippen LogP contribution >= 0.6 is 0 Å². The van der Waals surface area contributed by atoms with Crippen LogP contribution < -0.4 is 0 Å². The van der Waals surface area contributed by atoms with Gasteiger partial charge < -0.3 is 47.7 Å². The van der Waals surface area contributed by atoms with Gasteiger partial charge in [0.2, 0.25) is 0 Å². The SMILES string of the molecule is O=S(=O)(O)OC[C@H]1O[C@@H](O)[C@H](OS(=O)(=O)O)[C@@H](O[C@@H]2O[C@H](COS(=O)(=O)O)[C@@H](OS(=O)(=O)O)[C@H](O[C@@H]3O[C@H](COS(=O)(=O)O)[C@@H](OS(=O)(=O)O)[C@H](O[C@@H]4O[C@H](COS(=O)(=O)O)[C@@H](OS(=O)(=O)O)[C@H](O[C@@H]5O[C@H](COS(=O)(=O)O)[C@@H](OS(=O)(=O)O)[C@H](OS(=O)(=O)O)[C@H]5OS(=O)(=O)O)[C@H]4OS(=O)(=O)O)[C@H]3OS(=O)(=O)O)[C@H]2OS(=O)(=O)O)[C@@H]1OS(=O)(=O)O. The van der Waals surface area contributed by atoms with Crippen LogP contribution in [0.25, 0.3) is 0 Å². The summed E-state index contributed by atoms with van der Waals surface area (Å²) in [7, 11) is -106. The average Bonchev–Trinajstić information content (AvgIpc) is 0.749. The first-order valence-electron chi connectivity index (χ1n) is 28.2. The molecule has 5 fully saturated rings. The van der Waals surface area contributed by atoms with Crippen molar-refractivity contribution < 1.29 is 322 Å². The molecule has 0 amide bonds. The van der Waals surface area contributed by atoms with Gasteiger partial charge >= 0.3 is 166 Å². The first-order chi connectivity index (χ1) is 53.3. The van der Waals surface area contributed by atoms with E-state index in [2.05, 4.69) is 66.9 Å². The minimum atomic E-state index is -7.12. The Kier molecular flexibility index (Phi) is 35.5. The van der Waals surface area contributed by atoms with Gasteiger partial charge in [-0.1, -0.05) is 0 Å².